The number of hydrogen-bond acceptors (Lipinski definition) is 3. The standard InChI is InChI=1S/C18H27NO2/c1-18(2,3)21-17(20)13-16-11-7-8-12-19(16)14-15-9-5-4-6-10-15/h4-6,9-10,16H,7-8,11-14H2,1-3H3/t16-/m1/s1. The molecule has 1 atom stereocenters. The number of carbonyl (C=O) groups excluding carboxylic acids is 1. The molecule has 0 spiro atoms. The van der Waals surface area contributed by atoms with Crippen molar-refractivity contribution < 1.29 is 9.53 Å². The fraction of sp³-hybridized carbons (Fsp3) is 0.611. The molecule has 1 heterocycles. The van der Waals surface area contributed by atoms with E-state index in [4.69, 9.17) is 4.74 Å². The third-order valence-electron chi connectivity index (χ3n) is 3.80. The second kappa shape index (κ2) is 7.08. The molecule has 0 aromatic heterocycles. The van der Waals surface area contributed by atoms with Crippen LogP contribution in [0.3, 0.4) is 0 Å². The van der Waals surface area contributed by atoms with Crippen LogP contribution >= 0.6 is 0 Å². The van der Waals surface area contributed by atoms with E-state index < -0.39 is 5.60 Å². The van der Waals surface area contributed by atoms with Gasteiger partial charge in [-0.15, -0.1) is 0 Å². The van der Waals surface area contributed by atoms with Crippen molar-refractivity contribution in [3.05, 3.63) is 35.9 Å². The van der Waals surface area contributed by atoms with Crippen molar-refractivity contribution in [3.8, 4) is 0 Å². The van der Waals surface area contributed by atoms with Gasteiger partial charge in [-0.2, -0.15) is 0 Å². The molecular formula is C18H27NO2. The Balaban J connectivity index is 1.94. The van der Waals surface area contributed by atoms with Crippen LogP contribution in [0.1, 0.15) is 52.0 Å². The van der Waals surface area contributed by atoms with E-state index in [1.54, 1.807) is 0 Å². The van der Waals surface area contributed by atoms with Crippen LogP contribution in [-0.4, -0.2) is 29.1 Å². The summed E-state index contributed by atoms with van der Waals surface area (Å²) in [5, 5.41) is 0. The molecule has 0 saturated carbocycles. The van der Waals surface area contributed by atoms with Crippen molar-refractivity contribution in [1.29, 1.82) is 0 Å². The highest BCUT2D eigenvalue weighted by Crippen LogP contribution is 2.23. The van der Waals surface area contributed by atoms with E-state index in [9.17, 15) is 4.79 Å². The Kier molecular flexibility index (Phi) is 5.40. The number of piperidine rings is 1. The summed E-state index contributed by atoms with van der Waals surface area (Å²) in [6.45, 7) is 7.77. The molecule has 0 unspecified atom stereocenters. The largest absolute Gasteiger partial charge is 0.460 e. The van der Waals surface area contributed by atoms with Crippen LogP contribution in [0.5, 0.6) is 0 Å². The van der Waals surface area contributed by atoms with E-state index >= 15 is 0 Å². The lowest BCUT2D eigenvalue weighted by atomic mass is 9.98. The highest BCUT2D eigenvalue weighted by Gasteiger charge is 2.27. The zero-order chi connectivity index (χ0) is 15.3. The minimum absolute atomic E-state index is 0.0764. The van der Waals surface area contributed by atoms with Gasteiger partial charge in [0.05, 0.1) is 6.42 Å². The third-order valence-corrected chi connectivity index (χ3v) is 3.80. The van der Waals surface area contributed by atoms with Gasteiger partial charge in [0.25, 0.3) is 0 Å². The SMILES string of the molecule is CC(C)(C)OC(=O)C[C@H]1CCCCN1Cc1ccccc1. The van der Waals surface area contributed by atoms with E-state index in [2.05, 4.69) is 29.2 Å². The van der Waals surface area contributed by atoms with Crippen molar-refractivity contribution >= 4 is 5.97 Å². The van der Waals surface area contributed by atoms with Crippen molar-refractivity contribution in [2.75, 3.05) is 6.54 Å². The summed E-state index contributed by atoms with van der Waals surface area (Å²) in [5.74, 6) is -0.0764. The highest BCUT2D eigenvalue weighted by atomic mass is 16.6. The zero-order valence-corrected chi connectivity index (χ0v) is 13.5. The second-order valence-electron chi connectivity index (χ2n) is 6.90. The number of carbonyl (C=O) groups is 1. The Morgan fingerprint density at radius 2 is 1.95 bits per heavy atom. The lowest BCUT2D eigenvalue weighted by molar-refractivity contribution is -0.156. The van der Waals surface area contributed by atoms with Crippen molar-refractivity contribution in [1.82, 2.24) is 4.90 Å². The van der Waals surface area contributed by atoms with E-state index in [1.807, 2.05) is 26.8 Å². The number of nitrogens with zero attached hydrogens (tertiary/aromatic N) is 1. The number of likely N-dealkylation sites (tertiary alicyclic amines) is 1. The lowest BCUT2D eigenvalue weighted by Crippen LogP contribution is -2.41. The summed E-state index contributed by atoms with van der Waals surface area (Å²) in [4.78, 5) is 14.5. The monoisotopic (exact) mass is 289 g/mol. The fourth-order valence-corrected chi connectivity index (χ4v) is 2.89. The Morgan fingerprint density at radius 1 is 1.24 bits per heavy atom. The molecule has 0 aliphatic carbocycles. The molecule has 1 aliphatic heterocycles. The van der Waals surface area contributed by atoms with E-state index in [0.717, 1.165) is 19.5 Å². The van der Waals surface area contributed by atoms with Crippen LogP contribution in [0, 0.1) is 0 Å². The number of benzene rings is 1. The minimum atomic E-state index is -0.393. The average Bonchev–Trinajstić information content (AvgIpc) is 2.40. The Labute approximate surface area is 128 Å². The molecule has 3 nitrogen and oxygen atoms in total. The van der Waals surface area contributed by atoms with Gasteiger partial charge in [-0.25, -0.2) is 0 Å². The fourth-order valence-electron chi connectivity index (χ4n) is 2.89. The van der Waals surface area contributed by atoms with Crippen LogP contribution in [0.25, 0.3) is 0 Å². The Hall–Kier alpha value is -1.35. The maximum atomic E-state index is 12.1. The van der Waals surface area contributed by atoms with Crippen molar-refractivity contribution in [2.24, 2.45) is 0 Å². The normalized spacial score (nSPS) is 20.2. The molecule has 0 radical (unpaired) electrons. The van der Waals surface area contributed by atoms with Gasteiger partial charge < -0.3 is 4.74 Å². The van der Waals surface area contributed by atoms with Gasteiger partial charge in [-0.1, -0.05) is 36.8 Å². The molecule has 0 amide bonds. The van der Waals surface area contributed by atoms with E-state index in [0.29, 0.717) is 12.5 Å². The topological polar surface area (TPSA) is 29.5 Å². The molecule has 0 bridgehead atoms. The molecular weight excluding hydrogens is 262 g/mol. The number of hydrogen-bond donors (Lipinski definition) is 0. The summed E-state index contributed by atoms with van der Waals surface area (Å²) >= 11 is 0. The quantitative estimate of drug-likeness (QED) is 0.790. The third kappa shape index (κ3) is 5.50. The molecule has 1 saturated heterocycles. The first-order valence-electron chi connectivity index (χ1n) is 7.94. The number of esters is 1. The summed E-state index contributed by atoms with van der Waals surface area (Å²) in [6, 6.07) is 10.8. The molecule has 0 N–H and O–H groups in total. The first kappa shape index (κ1) is 16.0. The summed E-state index contributed by atoms with van der Waals surface area (Å²) < 4.78 is 5.47. The van der Waals surface area contributed by atoms with Crippen LogP contribution < -0.4 is 0 Å². The van der Waals surface area contributed by atoms with Gasteiger partial charge in [-0.3, -0.25) is 9.69 Å². The van der Waals surface area contributed by atoms with Crippen molar-refractivity contribution in [3.63, 3.8) is 0 Å². The first-order valence-corrected chi connectivity index (χ1v) is 7.94. The van der Waals surface area contributed by atoms with Crippen LogP contribution in [0.4, 0.5) is 0 Å². The maximum Gasteiger partial charge on any atom is 0.307 e. The zero-order valence-electron chi connectivity index (χ0n) is 13.5. The molecule has 3 heteroatoms. The molecule has 1 fully saturated rings. The lowest BCUT2D eigenvalue weighted by Gasteiger charge is -2.35. The van der Waals surface area contributed by atoms with E-state index in [-0.39, 0.29) is 5.97 Å². The smallest absolute Gasteiger partial charge is 0.307 e. The number of rotatable bonds is 4. The Morgan fingerprint density at radius 3 is 2.62 bits per heavy atom. The van der Waals surface area contributed by atoms with Gasteiger partial charge in [0.2, 0.25) is 0 Å². The predicted octanol–water partition coefficient (Wildman–Crippen LogP) is 3.77. The van der Waals surface area contributed by atoms with Gasteiger partial charge in [0, 0.05) is 12.6 Å². The van der Waals surface area contributed by atoms with Gasteiger partial charge in [-0.05, 0) is 45.7 Å². The summed E-state index contributed by atoms with van der Waals surface area (Å²) in [5.41, 5.74) is 0.921. The molecule has 21 heavy (non-hydrogen) atoms. The van der Waals surface area contributed by atoms with Crippen LogP contribution in [0.15, 0.2) is 30.3 Å². The van der Waals surface area contributed by atoms with Crippen molar-refractivity contribution in [2.45, 2.75) is 64.6 Å². The average molecular weight is 289 g/mol. The van der Waals surface area contributed by atoms with Gasteiger partial charge in [0.1, 0.15) is 5.60 Å². The van der Waals surface area contributed by atoms with Crippen LogP contribution in [0.2, 0.25) is 0 Å². The molecule has 2 rings (SSSR count). The summed E-state index contributed by atoms with van der Waals surface area (Å²) in [7, 11) is 0. The maximum absolute atomic E-state index is 12.1. The molecule has 1 aromatic carbocycles. The van der Waals surface area contributed by atoms with Gasteiger partial charge in [0.15, 0.2) is 0 Å². The number of ether oxygens (including phenoxy) is 1. The highest BCUT2D eigenvalue weighted by molar-refractivity contribution is 5.70. The predicted molar refractivity (Wildman–Crippen MR) is 85.0 cm³/mol. The Bertz CT molecular complexity index is 450. The van der Waals surface area contributed by atoms with Gasteiger partial charge >= 0.3 is 5.97 Å². The molecule has 1 aliphatic rings. The molecule has 1 aromatic rings. The molecule has 116 valence electrons. The second-order valence-corrected chi connectivity index (χ2v) is 6.90. The minimum Gasteiger partial charge on any atom is -0.460 e. The van der Waals surface area contributed by atoms with E-state index in [1.165, 1.54) is 18.4 Å². The summed E-state index contributed by atoms with van der Waals surface area (Å²) in [6.07, 6.45) is 4.02. The van der Waals surface area contributed by atoms with Crippen LogP contribution in [-0.2, 0) is 16.1 Å². The first-order chi connectivity index (χ1) is 9.94.